The van der Waals surface area contributed by atoms with Crippen molar-refractivity contribution in [3.8, 4) is 22.9 Å². The number of methoxy groups -OCH3 is 1. The topological polar surface area (TPSA) is 69.0 Å². The summed E-state index contributed by atoms with van der Waals surface area (Å²) in [6.07, 6.45) is -0.658. The Morgan fingerprint density at radius 2 is 1.85 bits per heavy atom. The van der Waals surface area contributed by atoms with Crippen LogP contribution in [0.4, 0.5) is 4.39 Å². The number of hydrogen-bond acceptors (Lipinski definition) is 6. The van der Waals surface area contributed by atoms with Crippen LogP contribution in [0.3, 0.4) is 0 Å². The van der Waals surface area contributed by atoms with Gasteiger partial charge >= 0.3 is 0 Å². The van der Waals surface area contributed by atoms with E-state index in [-0.39, 0.29) is 12.4 Å². The molecule has 0 saturated carbocycles. The van der Waals surface area contributed by atoms with Crippen molar-refractivity contribution in [2.24, 2.45) is 7.05 Å². The summed E-state index contributed by atoms with van der Waals surface area (Å²) in [7, 11) is 3.41. The van der Waals surface area contributed by atoms with Crippen LogP contribution in [0.2, 0.25) is 0 Å². The minimum atomic E-state index is -0.658. The number of nitrogens with zero attached hydrogens (tertiary/aromatic N) is 3. The number of aromatic nitrogens is 2. The molecule has 0 radical (unpaired) electrons. The summed E-state index contributed by atoms with van der Waals surface area (Å²) >= 11 is 0. The minimum absolute atomic E-state index is 0.126. The van der Waals surface area contributed by atoms with E-state index in [1.807, 2.05) is 37.3 Å². The maximum absolute atomic E-state index is 14.4. The van der Waals surface area contributed by atoms with E-state index in [1.165, 1.54) is 6.07 Å². The third kappa shape index (κ3) is 6.85. The normalized spacial score (nSPS) is 12.3. The summed E-state index contributed by atoms with van der Waals surface area (Å²) in [5.41, 5.74) is 2.46. The standard InChI is InChI=1S/C25H32FN3O4/c1-4-32-18-20(30)16-29(14-15-31-3)17-21-24(19-10-6-5-7-11-19)27-28(2)25(21)33-23-13-9-8-12-22(23)26/h5-13,20,30H,4,14-18H2,1-3H3/t20-/m0/s1. The Morgan fingerprint density at radius 3 is 2.55 bits per heavy atom. The average molecular weight is 458 g/mol. The molecule has 0 bridgehead atoms. The predicted octanol–water partition coefficient (Wildman–Crippen LogP) is 3.86. The Balaban J connectivity index is 1.97. The van der Waals surface area contributed by atoms with Gasteiger partial charge in [-0.1, -0.05) is 42.5 Å². The third-order valence-corrected chi connectivity index (χ3v) is 5.16. The summed E-state index contributed by atoms with van der Waals surface area (Å²) in [4.78, 5) is 2.06. The highest BCUT2D eigenvalue weighted by atomic mass is 19.1. The van der Waals surface area contributed by atoms with Crippen LogP contribution in [0, 0.1) is 5.82 Å². The number of rotatable bonds is 13. The van der Waals surface area contributed by atoms with Gasteiger partial charge < -0.3 is 19.3 Å². The van der Waals surface area contributed by atoms with Crippen LogP contribution in [0.5, 0.6) is 11.6 Å². The number of aliphatic hydroxyl groups excluding tert-OH is 1. The molecule has 0 amide bonds. The van der Waals surface area contributed by atoms with Crippen LogP contribution in [-0.4, -0.2) is 65.9 Å². The van der Waals surface area contributed by atoms with Crippen LogP contribution < -0.4 is 4.74 Å². The molecule has 1 N–H and O–H groups in total. The Kier molecular flexibility index (Phi) is 9.38. The lowest BCUT2D eigenvalue weighted by molar-refractivity contribution is 0.0148. The average Bonchev–Trinajstić information content (AvgIpc) is 3.13. The van der Waals surface area contributed by atoms with E-state index in [0.717, 1.165) is 16.8 Å². The molecule has 0 unspecified atom stereocenters. The summed E-state index contributed by atoms with van der Waals surface area (Å²) in [6.45, 7) is 4.56. The zero-order valence-electron chi connectivity index (χ0n) is 19.4. The molecule has 0 spiro atoms. The molecule has 0 aliphatic carbocycles. The first-order chi connectivity index (χ1) is 16.0. The first-order valence-electron chi connectivity index (χ1n) is 11.0. The molecular weight excluding hydrogens is 425 g/mol. The van der Waals surface area contributed by atoms with E-state index < -0.39 is 11.9 Å². The van der Waals surface area contributed by atoms with Crippen molar-refractivity contribution in [1.82, 2.24) is 14.7 Å². The molecule has 178 valence electrons. The molecule has 8 heteroatoms. The Labute approximate surface area is 194 Å². The fraction of sp³-hybridized carbons (Fsp3) is 0.400. The molecule has 3 rings (SSSR count). The lowest BCUT2D eigenvalue weighted by Crippen LogP contribution is -2.36. The van der Waals surface area contributed by atoms with E-state index in [1.54, 1.807) is 37.0 Å². The quantitative estimate of drug-likeness (QED) is 0.420. The molecule has 33 heavy (non-hydrogen) atoms. The van der Waals surface area contributed by atoms with Crippen molar-refractivity contribution < 1.29 is 23.7 Å². The number of hydrogen-bond donors (Lipinski definition) is 1. The van der Waals surface area contributed by atoms with Crippen LogP contribution in [-0.2, 0) is 23.1 Å². The molecule has 1 atom stereocenters. The molecule has 0 aliphatic heterocycles. The molecule has 2 aromatic carbocycles. The van der Waals surface area contributed by atoms with Crippen molar-refractivity contribution >= 4 is 0 Å². The van der Waals surface area contributed by atoms with Gasteiger partial charge in [-0.2, -0.15) is 5.10 Å². The Morgan fingerprint density at radius 1 is 1.12 bits per heavy atom. The summed E-state index contributed by atoms with van der Waals surface area (Å²) < 4.78 is 32.7. The van der Waals surface area contributed by atoms with Crippen LogP contribution in [0.1, 0.15) is 12.5 Å². The number of aryl methyl sites for hydroxylation is 1. The first kappa shape index (κ1) is 24.9. The van der Waals surface area contributed by atoms with Gasteiger partial charge in [0.15, 0.2) is 11.6 Å². The monoisotopic (exact) mass is 457 g/mol. The van der Waals surface area contributed by atoms with Gasteiger partial charge in [-0.25, -0.2) is 9.07 Å². The van der Waals surface area contributed by atoms with Crippen LogP contribution in [0.15, 0.2) is 54.6 Å². The highest BCUT2D eigenvalue weighted by molar-refractivity contribution is 5.65. The minimum Gasteiger partial charge on any atom is -0.436 e. The summed E-state index contributed by atoms with van der Waals surface area (Å²) in [6, 6.07) is 16.1. The van der Waals surface area contributed by atoms with Crippen molar-refractivity contribution in [3.05, 3.63) is 66.0 Å². The maximum Gasteiger partial charge on any atom is 0.222 e. The van der Waals surface area contributed by atoms with Gasteiger partial charge in [-0.15, -0.1) is 0 Å². The zero-order chi connectivity index (χ0) is 23.6. The van der Waals surface area contributed by atoms with Gasteiger partial charge in [-0.05, 0) is 19.1 Å². The number of para-hydroxylation sites is 1. The van der Waals surface area contributed by atoms with Gasteiger partial charge in [0, 0.05) is 46.0 Å². The Hall–Kier alpha value is -2.78. The van der Waals surface area contributed by atoms with Crippen molar-refractivity contribution in [2.45, 2.75) is 19.6 Å². The highest BCUT2D eigenvalue weighted by Crippen LogP contribution is 2.34. The molecule has 1 heterocycles. The fourth-order valence-electron chi connectivity index (χ4n) is 3.57. The van der Waals surface area contributed by atoms with Gasteiger partial charge in [-0.3, -0.25) is 4.90 Å². The number of aliphatic hydroxyl groups is 1. The number of ether oxygens (including phenoxy) is 3. The number of benzene rings is 2. The van der Waals surface area contributed by atoms with Crippen molar-refractivity contribution in [2.75, 3.05) is 40.0 Å². The Bertz CT molecular complexity index is 997. The van der Waals surface area contributed by atoms with E-state index in [9.17, 15) is 9.50 Å². The lowest BCUT2D eigenvalue weighted by Gasteiger charge is -2.25. The maximum atomic E-state index is 14.4. The van der Waals surface area contributed by atoms with E-state index in [4.69, 9.17) is 19.3 Å². The van der Waals surface area contributed by atoms with Crippen LogP contribution in [0.25, 0.3) is 11.3 Å². The second-order valence-corrected chi connectivity index (χ2v) is 7.70. The van der Waals surface area contributed by atoms with Gasteiger partial charge in [0.25, 0.3) is 0 Å². The lowest BCUT2D eigenvalue weighted by atomic mass is 10.1. The van der Waals surface area contributed by atoms with Crippen LogP contribution >= 0.6 is 0 Å². The highest BCUT2D eigenvalue weighted by Gasteiger charge is 2.24. The second-order valence-electron chi connectivity index (χ2n) is 7.70. The smallest absolute Gasteiger partial charge is 0.222 e. The third-order valence-electron chi connectivity index (χ3n) is 5.16. The molecule has 0 aliphatic rings. The molecule has 1 aromatic heterocycles. The van der Waals surface area contributed by atoms with E-state index in [2.05, 4.69) is 4.90 Å². The number of halogens is 1. The second kappa shape index (κ2) is 12.5. The predicted molar refractivity (Wildman–Crippen MR) is 125 cm³/mol. The van der Waals surface area contributed by atoms with E-state index >= 15 is 0 Å². The van der Waals surface area contributed by atoms with Crippen molar-refractivity contribution in [3.63, 3.8) is 0 Å². The largest absolute Gasteiger partial charge is 0.436 e. The van der Waals surface area contributed by atoms with Gasteiger partial charge in [0.2, 0.25) is 5.88 Å². The first-order valence-corrected chi connectivity index (χ1v) is 11.0. The van der Waals surface area contributed by atoms with Gasteiger partial charge in [0.1, 0.15) is 5.69 Å². The summed E-state index contributed by atoms with van der Waals surface area (Å²) in [5.74, 6) is 0.121. The molecule has 0 saturated heterocycles. The molecular formula is C25H32FN3O4. The molecule has 7 nitrogen and oxygen atoms in total. The molecule has 3 aromatic rings. The van der Waals surface area contributed by atoms with Crippen molar-refractivity contribution in [1.29, 1.82) is 0 Å². The zero-order valence-corrected chi connectivity index (χ0v) is 19.4. The fourth-order valence-corrected chi connectivity index (χ4v) is 3.57. The van der Waals surface area contributed by atoms with Gasteiger partial charge in [0.05, 0.1) is 24.9 Å². The summed E-state index contributed by atoms with van der Waals surface area (Å²) in [5, 5.41) is 15.1. The molecule has 0 fully saturated rings. The van der Waals surface area contributed by atoms with E-state index in [0.29, 0.717) is 38.7 Å². The SMILES string of the molecule is CCOC[C@@H](O)CN(CCOC)Cc1c(-c2ccccc2)nn(C)c1Oc1ccccc1F.